The Balaban J connectivity index is 2.49. The number of pyridine rings is 1. The molecule has 0 fully saturated rings. The highest BCUT2D eigenvalue weighted by atomic mass is 16.4. The number of carboxylic acid groups (broad SMARTS) is 1. The van der Waals surface area contributed by atoms with Gasteiger partial charge in [-0.25, -0.2) is 9.97 Å². The number of carboxylic acids is 1. The predicted molar refractivity (Wildman–Crippen MR) is 84.9 cm³/mol. The number of aliphatic carboxylic acids is 1. The normalized spacial score (nSPS) is 10.5. The lowest BCUT2D eigenvalue weighted by Gasteiger charge is -2.24. The van der Waals surface area contributed by atoms with Gasteiger partial charge >= 0.3 is 5.97 Å². The van der Waals surface area contributed by atoms with E-state index in [0.717, 1.165) is 23.2 Å². The van der Waals surface area contributed by atoms with Crippen LogP contribution in [0.2, 0.25) is 0 Å². The molecule has 0 spiro atoms. The summed E-state index contributed by atoms with van der Waals surface area (Å²) in [6, 6.07) is 3.72. The molecule has 6 nitrogen and oxygen atoms in total. The van der Waals surface area contributed by atoms with Gasteiger partial charge in [0.2, 0.25) is 0 Å². The second kappa shape index (κ2) is 6.98. The zero-order chi connectivity index (χ0) is 16.1. The van der Waals surface area contributed by atoms with E-state index in [1.165, 1.54) is 0 Å². The highest BCUT2D eigenvalue weighted by Gasteiger charge is 2.17. The number of carbonyl (C=O) groups is 1. The number of hydrogen-bond donors (Lipinski definition) is 1. The number of rotatable bonds is 6. The van der Waals surface area contributed by atoms with Crippen molar-refractivity contribution in [2.75, 3.05) is 18.0 Å². The van der Waals surface area contributed by atoms with E-state index in [9.17, 15) is 4.79 Å². The van der Waals surface area contributed by atoms with Crippen LogP contribution in [0.15, 0.2) is 24.5 Å². The second-order valence-corrected chi connectivity index (χ2v) is 5.14. The van der Waals surface area contributed by atoms with Crippen molar-refractivity contribution in [2.45, 2.75) is 27.2 Å². The second-order valence-electron chi connectivity index (χ2n) is 5.14. The molecule has 116 valence electrons. The monoisotopic (exact) mass is 300 g/mol. The zero-order valence-corrected chi connectivity index (χ0v) is 13.1. The van der Waals surface area contributed by atoms with Crippen LogP contribution in [0.25, 0.3) is 11.4 Å². The summed E-state index contributed by atoms with van der Waals surface area (Å²) in [4.78, 5) is 26.1. The first-order chi connectivity index (χ1) is 10.5. The van der Waals surface area contributed by atoms with Crippen molar-refractivity contribution in [3.8, 4) is 11.4 Å². The summed E-state index contributed by atoms with van der Waals surface area (Å²) >= 11 is 0. The molecule has 1 N–H and O–H groups in total. The third-order valence-electron chi connectivity index (χ3n) is 3.40. The van der Waals surface area contributed by atoms with Crippen LogP contribution in [0.3, 0.4) is 0 Å². The molecule has 6 heteroatoms. The lowest BCUT2D eigenvalue weighted by molar-refractivity contribution is -0.135. The molecule has 2 heterocycles. The molecule has 0 aromatic carbocycles. The summed E-state index contributed by atoms with van der Waals surface area (Å²) in [6.07, 6.45) is 4.24. The lowest BCUT2D eigenvalue weighted by Crippen LogP contribution is -2.32. The third-order valence-corrected chi connectivity index (χ3v) is 3.40. The molecule has 0 unspecified atom stereocenters. The molecule has 22 heavy (non-hydrogen) atoms. The van der Waals surface area contributed by atoms with Crippen molar-refractivity contribution < 1.29 is 9.90 Å². The third kappa shape index (κ3) is 3.58. The number of anilines is 1. The van der Waals surface area contributed by atoms with Gasteiger partial charge in [-0.05, 0) is 32.4 Å². The first-order valence-corrected chi connectivity index (χ1v) is 7.25. The molecule has 0 saturated heterocycles. The minimum absolute atomic E-state index is 0.0718. The van der Waals surface area contributed by atoms with Gasteiger partial charge in [-0.1, -0.05) is 6.92 Å². The highest BCUT2D eigenvalue weighted by molar-refractivity contribution is 5.74. The molecule has 0 saturated carbocycles. The van der Waals surface area contributed by atoms with Crippen molar-refractivity contribution in [2.24, 2.45) is 0 Å². The summed E-state index contributed by atoms with van der Waals surface area (Å²) in [5, 5.41) is 9.12. The molecular formula is C16H20N4O2. The van der Waals surface area contributed by atoms with Crippen molar-refractivity contribution in [3.63, 3.8) is 0 Å². The molecule has 0 atom stereocenters. The molecule has 0 bridgehead atoms. The Kier molecular flexibility index (Phi) is 5.04. The lowest BCUT2D eigenvalue weighted by atomic mass is 10.2. The van der Waals surface area contributed by atoms with E-state index in [-0.39, 0.29) is 6.54 Å². The molecular weight excluding hydrogens is 280 g/mol. The van der Waals surface area contributed by atoms with Crippen molar-refractivity contribution >= 4 is 11.8 Å². The van der Waals surface area contributed by atoms with E-state index in [1.807, 2.05) is 32.9 Å². The average Bonchev–Trinajstić information content (AvgIpc) is 2.50. The Morgan fingerprint density at radius 3 is 2.68 bits per heavy atom. The van der Waals surface area contributed by atoms with Gasteiger partial charge in [0.1, 0.15) is 12.4 Å². The number of nitrogens with zero attached hydrogens (tertiary/aromatic N) is 4. The largest absolute Gasteiger partial charge is 0.480 e. The van der Waals surface area contributed by atoms with Gasteiger partial charge in [0.15, 0.2) is 5.82 Å². The van der Waals surface area contributed by atoms with Crippen LogP contribution in [0.4, 0.5) is 5.82 Å². The van der Waals surface area contributed by atoms with Crippen molar-refractivity contribution in [1.82, 2.24) is 15.0 Å². The maximum atomic E-state index is 11.1. The van der Waals surface area contributed by atoms with E-state index in [0.29, 0.717) is 18.2 Å². The van der Waals surface area contributed by atoms with Gasteiger partial charge in [-0.3, -0.25) is 9.78 Å². The van der Waals surface area contributed by atoms with Gasteiger partial charge in [0.25, 0.3) is 0 Å². The fraction of sp³-hybridized carbons (Fsp3) is 0.375. The highest BCUT2D eigenvalue weighted by Crippen LogP contribution is 2.24. The van der Waals surface area contributed by atoms with Gasteiger partial charge < -0.3 is 10.0 Å². The Bertz CT molecular complexity index is 659. The summed E-state index contributed by atoms with van der Waals surface area (Å²) in [5.41, 5.74) is 2.57. The topological polar surface area (TPSA) is 79.2 Å². The van der Waals surface area contributed by atoms with Gasteiger partial charge in [0, 0.05) is 35.8 Å². The average molecular weight is 300 g/mol. The first kappa shape index (κ1) is 15.9. The smallest absolute Gasteiger partial charge is 0.323 e. The number of aryl methyl sites for hydroxylation is 1. The van der Waals surface area contributed by atoms with E-state index < -0.39 is 5.97 Å². The summed E-state index contributed by atoms with van der Waals surface area (Å²) in [5.74, 6) is 0.375. The van der Waals surface area contributed by atoms with Crippen LogP contribution in [0.5, 0.6) is 0 Å². The predicted octanol–water partition coefficient (Wildman–Crippen LogP) is 2.46. The standard InChI is InChI=1S/C16H20N4O2/c1-4-8-20(10-14(21)22)16-11(2)12(3)18-15(19-16)13-6-5-7-17-9-13/h5-7,9H,4,8,10H2,1-3H3,(H,21,22). The summed E-state index contributed by atoms with van der Waals surface area (Å²) in [7, 11) is 0. The maximum absolute atomic E-state index is 11.1. The quantitative estimate of drug-likeness (QED) is 0.882. The van der Waals surface area contributed by atoms with E-state index in [2.05, 4.69) is 15.0 Å². The van der Waals surface area contributed by atoms with Crippen molar-refractivity contribution in [3.05, 3.63) is 35.8 Å². The summed E-state index contributed by atoms with van der Waals surface area (Å²) < 4.78 is 0. The SMILES string of the molecule is CCCN(CC(=O)O)c1nc(-c2cccnc2)nc(C)c1C. The van der Waals surface area contributed by atoms with Gasteiger partial charge in [-0.15, -0.1) is 0 Å². The van der Waals surface area contributed by atoms with E-state index >= 15 is 0 Å². The summed E-state index contributed by atoms with van der Waals surface area (Å²) in [6.45, 7) is 6.40. The van der Waals surface area contributed by atoms with E-state index in [4.69, 9.17) is 5.11 Å². The van der Waals surface area contributed by atoms with Crippen LogP contribution >= 0.6 is 0 Å². The Labute approximate surface area is 129 Å². The molecule has 0 aliphatic heterocycles. The maximum Gasteiger partial charge on any atom is 0.323 e. The van der Waals surface area contributed by atoms with Crippen LogP contribution in [-0.2, 0) is 4.79 Å². The van der Waals surface area contributed by atoms with Crippen LogP contribution in [-0.4, -0.2) is 39.1 Å². The van der Waals surface area contributed by atoms with Gasteiger partial charge in [-0.2, -0.15) is 0 Å². The van der Waals surface area contributed by atoms with Crippen LogP contribution < -0.4 is 4.90 Å². The number of aromatic nitrogens is 3. The molecule has 0 aliphatic carbocycles. The Morgan fingerprint density at radius 2 is 2.09 bits per heavy atom. The fourth-order valence-electron chi connectivity index (χ4n) is 2.24. The molecule has 0 amide bonds. The molecule has 2 aromatic rings. The van der Waals surface area contributed by atoms with Gasteiger partial charge in [0.05, 0.1) is 0 Å². The zero-order valence-electron chi connectivity index (χ0n) is 13.1. The minimum atomic E-state index is -0.868. The first-order valence-electron chi connectivity index (χ1n) is 7.25. The molecule has 0 radical (unpaired) electrons. The molecule has 0 aliphatic rings. The Morgan fingerprint density at radius 1 is 1.32 bits per heavy atom. The van der Waals surface area contributed by atoms with Crippen LogP contribution in [0.1, 0.15) is 24.6 Å². The van der Waals surface area contributed by atoms with Crippen LogP contribution in [0, 0.1) is 13.8 Å². The number of hydrogen-bond acceptors (Lipinski definition) is 5. The Hall–Kier alpha value is -2.50. The van der Waals surface area contributed by atoms with E-state index in [1.54, 1.807) is 17.3 Å². The minimum Gasteiger partial charge on any atom is -0.480 e. The fourth-order valence-corrected chi connectivity index (χ4v) is 2.24. The molecule has 2 rings (SSSR count). The van der Waals surface area contributed by atoms with Crippen molar-refractivity contribution in [1.29, 1.82) is 0 Å². The molecule has 2 aromatic heterocycles.